The molecular weight excluding hydrogens is 406 g/mol. The molecule has 0 fully saturated rings. The molecule has 9 nitrogen and oxygen atoms in total. The van der Waals surface area contributed by atoms with Gasteiger partial charge in [0.05, 0.1) is 5.69 Å². The minimum Gasteiger partial charge on any atom is -0.351 e. The molecule has 0 bridgehead atoms. The smallest absolute Gasteiger partial charge is 0.316 e. The summed E-state index contributed by atoms with van der Waals surface area (Å²) in [5.74, 6) is 0.133. The summed E-state index contributed by atoms with van der Waals surface area (Å²) in [6.07, 6.45) is 5.12. The first-order valence-corrected chi connectivity index (χ1v) is 9.65. The Balaban J connectivity index is 1.42. The number of primary amides is 1. The average Bonchev–Trinajstić information content (AvgIpc) is 2.81. The van der Waals surface area contributed by atoms with Gasteiger partial charge in [-0.2, -0.15) is 0 Å². The summed E-state index contributed by atoms with van der Waals surface area (Å²) < 4.78 is 0. The normalized spacial score (nSPS) is 10.2. The largest absolute Gasteiger partial charge is 0.351 e. The van der Waals surface area contributed by atoms with Crippen molar-refractivity contribution in [2.24, 2.45) is 5.73 Å². The molecule has 0 saturated heterocycles. The van der Waals surface area contributed by atoms with Crippen LogP contribution in [0.15, 0.2) is 85.3 Å². The summed E-state index contributed by atoms with van der Waals surface area (Å²) in [6, 6.07) is 18.5. The van der Waals surface area contributed by atoms with Crippen LogP contribution in [0.5, 0.6) is 0 Å². The SMILES string of the molecule is NC(=O)Nc1cccc(C(=O)Nc2ccc(Nc3nccc(-c4cccnc4)n3)cc2)c1. The molecule has 3 amide bonds. The molecule has 2 aromatic carbocycles. The number of nitrogens with one attached hydrogen (secondary N) is 3. The van der Waals surface area contributed by atoms with Crippen LogP contribution in [-0.2, 0) is 0 Å². The number of hydrogen-bond acceptors (Lipinski definition) is 6. The van der Waals surface area contributed by atoms with E-state index in [1.165, 1.54) is 0 Å². The summed E-state index contributed by atoms with van der Waals surface area (Å²) in [7, 11) is 0. The van der Waals surface area contributed by atoms with Crippen LogP contribution in [0.2, 0.25) is 0 Å². The van der Waals surface area contributed by atoms with Gasteiger partial charge in [0.1, 0.15) is 0 Å². The van der Waals surface area contributed by atoms with E-state index in [2.05, 4.69) is 30.9 Å². The van der Waals surface area contributed by atoms with Crippen molar-refractivity contribution in [3.8, 4) is 11.3 Å². The minimum atomic E-state index is -0.694. The van der Waals surface area contributed by atoms with Crippen LogP contribution >= 0.6 is 0 Å². The van der Waals surface area contributed by atoms with Gasteiger partial charge in [-0.15, -0.1) is 0 Å². The van der Waals surface area contributed by atoms with Gasteiger partial charge in [-0.25, -0.2) is 14.8 Å². The first-order chi connectivity index (χ1) is 15.6. The Bertz CT molecular complexity index is 1240. The van der Waals surface area contributed by atoms with Crippen molar-refractivity contribution in [1.82, 2.24) is 15.0 Å². The van der Waals surface area contributed by atoms with E-state index >= 15 is 0 Å². The van der Waals surface area contributed by atoms with Crippen LogP contribution in [0.25, 0.3) is 11.3 Å². The van der Waals surface area contributed by atoms with Gasteiger partial charge in [0.2, 0.25) is 5.95 Å². The molecule has 0 radical (unpaired) electrons. The lowest BCUT2D eigenvalue weighted by Crippen LogP contribution is -2.19. The Kier molecular flexibility index (Phi) is 5.98. The van der Waals surface area contributed by atoms with Crippen molar-refractivity contribution in [2.45, 2.75) is 0 Å². The monoisotopic (exact) mass is 425 g/mol. The summed E-state index contributed by atoms with van der Waals surface area (Å²) >= 11 is 0. The number of carbonyl (C=O) groups is 2. The summed E-state index contributed by atoms with van der Waals surface area (Å²) in [6.45, 7) is 0. The molecule has 32 heavy (non-hydrogen) atoms. The van der Waals surface area contributed by atoms with E-state index in [0.29, 0.717) is 22.9 Å². The second-order valence-corrected chi connectivity index (χ2v) is 6.73. The van der Waals surface area contributed by atoms with Crippen LogP contribution in [0.3, 0.4) is 0 Å². The molecule has 4 rings (SSSR count). The lowest BCUT2D eigenvalue weighted by atomic mass is 10.2. The molecular formula is C23H19N7O2. The predicted molar refractivity (Wildman–Crippen MR) is 123 cm³/mol. The highest BCUT2D eigenvalue weighted by Gasteiger charge is 2.08. The second kappa shape index (κ2) is 9.35. The highest BCUT2D eigenvalue weighted by molar-refractivity contribution is 6.05. The van der Waals surface area contributed by atoms with Crippen molar-refractivity contribution < 1.29 is 9.59 Å². The molecule has 0 spiro atoms. The summed E-state index contributed by atoms with van der Waals surface area (Å²) in [4.78, 5) is 36.4. The maximum Gasteiger partial charge on any atom is 0.316 e. The van der Waals surface area contributed by atoms with Crippen LogP contribution in [-0.4, -0.2) is 26.9 Å². The van der Waals surface area contributed by atoms with Gasteiger partial charge in [-0.1, -0.05) is 6.07 Å². The number of benzene rings is 2. The number of anilines is 4. The third-order valence-corrected chi connectivity index (χ3v) is 4.40. The van der Waals surface area contributed by atoms with E-state index in [-0.39, 0.29) is 5.91 Å². The van der Waals surface area contributed by atoms with Crippen molar-refractivity contribution in [3.05, 3.63) is 90.9 Å². The minimum absolute atomic E-state index is 0.314. The molecule has 2 heterocycles. The highest BCUT2D eigenvalue weighted by atomic mass is 16.2. The molecule has 0 saturated carbocycles. The van der Waals surface area contributed by atoms with Gasteiger partial charge in [0, 0.05) is 46.8 Å². The van der Waals surface area contributed by atoms with Gasteiger partial charge in [-0.3, -0.25) is 9.78 Å². The standard InChI is InChI=1S/C23H19N7O2/c24-22(32)28-19-5-1-3-15(13-19)21(31)27-17-6-8-18(9-7-17)29-23-26-12-10-20(30-23)16-4-2-11-25-14-16/h1-14H,(H,27,31)(H3,24,28,32)(H,26,29,30). The number of pyridine rings is 1. The van der Waals surface area contributed by atoms with Gasteiger partial charge in [-0.05, 0) is 60.7 Å². The number of aromatic nitrogens is 3. The fourth-order valence-corrected chi connectivity index (χ4v) is 2.94. The molecule has 4 aromatic rings. The number of nitrogens with two attached hydrogens (primary N) is 1. The molecule has 2 aromatic heterocycles. The number of hydrogen-bond donors (Lipinski definition) is 4. The molecule has 9 heteroatoms. The van der Waals surface area contributed by atoms with E-state index in [9.17, 15) is 9.59 Å². The van der Waals surface area contributed by atoms with Gasteiger partial charge < -0.3 is 21.7 Å². The van der Waals surface area contributed by atoms with Gasteiger partial charge in [0.15, 0.2) is 0 Å². The van der Waals surface area contributed by atoms with Crippen LogP contribution in [0.4, 0.5) is 27.8 Å². The number of nitrogens with zero attached hydrogens (tertiary/aromatic N) is 3. The average molecular weight is 425 g/mol. The van der Waals surface area contributed by atoms with Crippen molar-refractivity contribution in [2.75, 3.05) is 16.0 Å². The number of amides is 3. The van der Waals surface area contributed by atoms with Crippen molar-refractivity contribution in [3.63, 3.8) is 0 Å². The fraction of sp³-hybridized carbons (Fsp3) is 0. The quantitative estimate of drug-likeness (QED) is 0.368. The van der Waals surface area contributed by atoms with Gasteiger partial charge in [0.25, 0.3) is 5.91 Å². The highest BCUT2D eigenvalue weighted by Crippen LogP contribution is 2.20. The topological polar surface area (TPSA) is 135 Å². The maximum absolute atomic E-state index is 12.5. The summed E-state index contributed by atoms with van der Waals surface area (Å²) in [5, 5.41) is 8.40. The Morgan fingerprint density at radius 1 is 0.812 bits per heavy atom. The molecule has 5 N–H and O–H groups in total. The number of rotatable bonds is 6. The molecule has 0 atom stereocenters. The predicted octanol–water partition coefficient (Wildman–Crippen LogP) is 4.03. The molecule has 0 unspecified atom stereocenters. The third-order valence-electron chi connectivity index (χ3n) is 4.40. The number of urea groups is 1. The van der Waals surface area contributed by atoms with E-state index in [0.717, 1.165) is 16.9 Å². The fourth-order valence-electron chi connectivity index (χ4n) is 2.94. The van der Waals surface area contributed by atoms with Crippen LogP contribution < -0.4 is 21.7 Å². The van der Waals surface area contributed by atoms with E-state index in [4.69, 9.17) is 5.73 Å². The molecule has 0 aliphatic carbocycles. The molecule has 158 valence electrons. The molecule has 0 aliphatic rings. The van der Waals surface area contributed by atoms with Crippen molar-refractivity contribution in [1.29, 1.82) is 0 Å². The van der Waals surface area contributed by atoms with E-state index < -0.39 is 6.03 Å². The van der Waals surface area contributed by atoms with Gasteiger partial charge >= 0.3 is 6.03 Å². The van der Waals surface area contributed by atoms with Crippen molar-refractivity contribution >= 4 is 34.9 Å². The lowest BCUT2D eigenvalue weighted by molar-refractivity contribution is 0.102. The number of carbonyl (C=O) groups excluding carboxylic acids is 2. The zero-order valence-electron chi connectivity index (χ0n) is 16.8. The molecule has 0 aliphatic heterocycles. The van der Waals surface area contributed by atoms with E-state index in [1.54, 1.807) is 67.1 Å². The third kappa shape index (κ3) is 5.22. The van der Waals surface area contributed by atoms with Crippen LogP contribution in [0.1, 0.15) is 10.4 Å². The summed E-state index contributed by atoms with van der Waals surface area (Å²) in [5.41, 5.74) is 8.97. The zero-order chi connectivity index (χ0) is 22.3. The maximum atomic E-state index is 12.5. The lowest BCUT2D eigenvalue weighted by Gasteiger charge is -2.09. The first-order valence-electron chi connectivity index (χ1n) is 9.65. The Morgan fingerprint density at radius 2 is 1.62 bits per heavy atom. The first kappa shape index (κ1) is 20.5. The Labute approximate surface area is 183 Å². The Hall–Kier alpha value is -4.79. The Morgan fingerprint density at radius 3 is 2.38 bits per heavy atom. The zero-order valence-corrected chi connectivity index (χ0v) is 16.8. The van der Waals surface area contributed by atoms with Crippen LogP contribution in [0, 0.1) is 0 Å². The van der Waals surface area contributed by atoms with E-state index in [1.807, 2.05) is 18.2 Å². The second-order valence-electron chi connectivity index (χ2n) is 6.73.